The Balaban J connectivity index is 1.64. The number of benzene rings is 1. The summed E-state index contributed by atoms with van der Waals surface area (Å²) < 4.78 is 0. The molecule has 0 radical (unpaired) electrons. The Bertz CT molecular complexity index is 1270. The zero-order chi connectivity index (χ0) is 21.5. The largest absolute Gasteiger partial charge is 0.363 e. The maximum atomic E-state index is 13.4. The summed E-state index contributed by atoms with van der Waals surface area (Å²) in [6.07, 6.45) is 0.730. The van der Waals surface area contributed by atoms with Gasteiger partial charge in [-0.1, -0.05) is 29.8 Å². The molecule has 3 aromatic rings. The van der Waals surface area contributed by atoms with Gasteiger partial charge in [-0.05, 0) is 35.9 Å². The van der Waals surface area contributed by atoms with Crippen LogP contribution in [0.5, 0.6) is 0 Å². The first-order valence-electron chi connectivity index (χ1n) is 9.94. The Hall–Kier alpha value is -3.54. The van der Waals surface area contributed by atoms with Gasteiger partial charge in [-0.15, -0.1) is 0 Å². The average molecular weight is 433 g/mol. The van der Waals surface area contributed by atoms with Crippen molar-refractivity contribution in [2.45, 2.75) is 18.9 Å². The number of fused-ring (bicyclic) bond motifs is 2. The lowest BCUT2D eigenvalue weighted by molar-refractivity contribution is -0.121. The number of carbonyl (C=O) groups excluding carboxylic acids is 3. The number of rotatable bonds is 3. The summed E-state index contributed by atoms with van der Waals surface area (Å²) >= 11 is 6.03. The summed E-state index contributed by atoms with van der Waals surface area (Å²) in [5.41, 5.74) is 1.96. The Labute approximate surface area is 183 Å². The van der Waals surface area contributed by atoms with Crippen LogP contribution in [0.15, 0.2) is 54.2 Å². The molecule has 0 aliphatic carbocycles. The maximum Gasteiger partial charge on any atom is 0.260 e. The van der Waals surface area contributed by atoms with Gasteiger partial charge in [0.05, 0.1) is 0 Å². The number of piperidine rings is 1. The van der Waals surface area contributed by atoms with E-state index in [2.05, 4.69) is 15.9 Å². The molecule has 1 fully saturated rings. The van der Waals surface area contributed by atoms with Gasteiger partial charge in [0.2, 0.25) is 0 Å². The smallest absolute Gasteiger partial charge is 0.260 e. The fraction of sp³-hybridized carbons (Fsp3) is 0.217. The van der Waals surface area contributed by atoms with Crippen LogP contribution in [0.4, 0.5) is 5.82 Å². The fourth-order valence-electron chi connectivity index (χ4n) is 4.21. The highest BCUT2D eigenvalue weighted by molar-refractivity contribution is 6.29. The highest BCUT2D eigenvalue weighted by atomic mass is 35.5. The minimum Gasteiger partial charge on any atom is -0.363 e. The van der Waals surface area contributed by atoms with E-state index >= 15 is 0 Å². The van der Waals surface area contributed by atoms with Crippen molar-refractivity contribution < 1.29 is 14.4 Å². The lowest BCUT2D eigenvalue weighted by Crippen LogP contribution is -2.40. The normalized spacial score (nSPS) is 18.3. The van der Waals surface area contributed by atoms with Crippen molar-refractivity contribution in [3.05, 3.63) is 70.5 Å². The number of aromatic nitrogens is 2. The van der Waals surface area contributed by atoms with Gasteiger partial charge in [-0.25, -0.2) is 14.8 Å². The predicted octanol–water partition coefficient (Wildman–Crippen LogP) is 3.37. The molecule has 154 valence electrons. The molecule has 0 unspecified atom stereocenters. The molecule has 2 aromatic heterocycles. The van der Waals surface area contributed by atoms with Crippen LogP contribution < -0.4 is 4.90 Å². The number of amides is 1. The highest BCUT2D eigenvalue weighted by Crippen LogP contribution is 2.42. The number of nitrogens with zero attached hydrogens (tertiary/aromatic N) is 4. The number of hydrogen-bond donors (Lipinski definition) is 0. The molecule has 4 heterocycles. The van der Waals surface area contributed by atoms with Gasteiger partial charge < -0.3 is 4.90 Å². The van der Waals surface area contributed by atoms with E-state index in [9.17, 15) is 14.4 Å². The second-order valence-corrected chi connectivity index (χ2v) is 7.92. The van der Waals surface area contributed by atoms with E-state index in [1.54, 1.807) is 30.3 Å². The van der Waals surface area contributed by atoms with Crippen LogP contribution in [0.1, 0.15) is 34.8 Å². The predicted molar refractivity (Wildman–Crippen MR) is 116 cm³/mol. The highest BCUT2D eigenvalue weighted by Gasteiger charge is 2.43. The molecule has 2 aliphatic rings. The molecule has 0 saturated carbocycles. The summed E-state index contributed by atoms with van der Waals surface area (Å²) in [7, 11) is 0. The van der Waals surface area contributed by atoms with Crippen molar-refractivity contribution >= 4 is 46.1 Å². The molecular weight excluding hydrogens is 416 g/mol. The Kier molecular flexibility index (Phi) is 4.77. The monoisotopic (exact) mass is 432 g/mol. The first-order chi connectivity index (χ1) is 15.1. The molecule has 1 aromatic carbocycles. The maximum absolute atomic E-state index is 13.4. The zero-order valence-electron chi connectivity index (χ0n) is 16.4. The van der Waals surface area contributed by atoms with Crippen LogP contribution >= 0.6 is 11.6 Å². The van der Waals surface area contributed by atoms with Gasteiger partial charge in [-0.2, -0.15) is 0 Å². The van der Waals surface area contributed by atoms with Crippen LogP contribution in [-0.4, -0.2) is 45.6 Å². The second-order valence-electron chi connectivity index (χ2n) is 7.53. The van der Waals surface area contributed by atoms with Gasteiger partial charge in [-0.3, -0.25) is 14.5 Å². The summed E-state index contributed by atoms with van der Waals surface area (Å²) in [5, 5.41) is 1.09. The number of halogens is 1. The SMILES string of the molecule is O=C=C([C@@H]1c2ccccc2C(=O)N1c1ccc2ccc(Cl)nc2n1)N1CCC(=O)CC1. The average Bonchev–Trinajstić information content (AvgIpc) is 3.07. The summed E-state index contributed by atoms with van der Waals surface area (Å²) in [6.45, 7) is 0.846. The van der Waals surface area contributed by atoms with E-state index < -0.39 is 6.04 Å². The molecule has 2 aliphatic heterocycles. The van der Waals surface area contributed by atoms with E-state index in [0.29, 0.717) is 59.4 Å². The summed E-state index contributed by atoms with van der Waals surface area (Å²) in [4.78, 5) is 49.4. The Morgan fingerprint density at radius 3 is 2.52 bits per heavy atom. The van der Waals surface area contributed by atoms with Crippen LogP contribution in [0.25, 0.3) is 11.0 Å². The minimum absolute atomic E-state index is 0.167. The number of Topliss-reactive ketones (excluding diaryl/α,β-unsaturated/α-hetero) is 1. The van der Waals surface area contributed by atoms with Crippen molar-refractivity contribution in [1.29, 1.82) is 0 Å². The fourth-order valence-corrected chi connectivity index (χ4v) is 4.36. The topological polar surface area (TPSA) is 83.5 Å². The zero-order valence-corrected chi connectivity index (χ0v) is 17.2. The molecule has 1 amide bonds. The van der Waals surface area contributed by atoms with E-state index in [0.717, 1.165) is 5.39 Å². The van der Waals surface area contributed by atoms with E-state index in [1.165, 1.54) is 4.90 Å². The van der Waals surface area contributed by atoms with Crippen LogP contribution in [0.2, 0.25) is 5.15 Å². The molecule has 1 saturated heterocycles. The van der Waals surface area contributed by atoms with Crippen molar-refractivity contribution in [2.24, 2.45) is 0 Å². The third kappa shape index (κ3) is 3.28. The molecule has 0 bridgehead atoms. The number of pyridine rings is 2. The van der Waals surface area contributed by atoms with Crippen LogP contribution in [0.3, 0.4) is 0 Å². The van der Waals surface area contributed by atoms with Crippen molar-refractivity contribution in [1.82, 2.24) is 14.9 Å². The number of carbonyl (C=O) groups is 2. The van der Waals surface area contributed by atoms with E-state index in [-0.39, 0.29) is 11.7 Å². The van der Waals surface area contributed by atoms with Crippen molar-refractivity contribution in [2.75, 3.05) is 18.0 Å². The lowest BCUT2D eigenvalue weighted by Gasteiger charge is -2.34. The standard InChI is InChI=1S/C23H17ClN4O3/c24-19-7-5-14-6-8-20(26-22(14)25-19)28-21(16-3-1-2-4-17(16)23(28)31)18(13-29)27-11-9-15(30)10-12-27/h1-8,21H,9-12H2/t21-/m0/s1. The molecule has 31 heavy (non-hydrogen) atoms. The van der Waals surface area contributed by atoms with Crippen LogP contribution in [0, 0.1) is 0 Å². The third-order valence-corrected chi connectivity index (χ3v) is 5.95. The van der Waals surface area contributed by atoms with Gasteiger partial charge in [0.15, 0.2) is 5.65 Å². The first kappa shape index (κ1) is 19.4. The molecule has 0 N–H and O–H groups in total. The van der Waals surface area contributed by atoms with E-state index in [1.807, 2.05) is 23.1 Å². The third-order valence-electron chi connectivity index (χ3n) is 5.74. The van der Waals surface area contributed by atoms with Crippen molar-refractivity contribution in [3.63, 3.8) is 0 Å². The van der Waals surface area contributed by atoms with Crippen molar-refractivity contribution in [3.8, 4) is 0 Å². The van der Waals surface area contributed by atoms with Crippen LogP contribution in [-0.2, 0) is 9.59 Å². The Morgan fingerprint density at radius 2 is 1.74 bits per heavy atom. The van der Waals surface area contributed by atoms with Gasteiger partial charge in [0.25, 0.3) is 5.91 Å². The molecule has 1 atom stereocenters. The van der Waals surface area contributed by atoms with E-state index in [4.69, 9.17) is 11.6 Å². The number of ketones is 1. The summed E-state index contributed by atoms with van der Waals surface area (Å²) in [6, 6.07) is 13.5. The molecule has 7 nitrogen and oxygen atoms in total. The minimum atomic E-state index is -0.682. The number of likely N-dealkylation sites (tertiary alicyclic amines) is 1. The first-order valence-corrected chi connectivity index (χ1v) is 10.3. The quantitative estimate of drug-likeness (QED) is 0.466. The van der Waals surface area contributed by atoms with Gasteiger partial charge >= 0.3 is 0 Å². The number of hydrogen-bond acceptors (Lipinski definition) is 6. The molecular formula is C23H17ClN4O3. The van der Waals surface area contributed by atoms with Gasteiger partial charge in [0.1, 0.15) is 34.4 Å². The second kappa shape index (κ2) is 7.61. The molecule has 5 rings (SSSR count). The Morgan fingerprint density at radius 1 is 1.00 bits per heavy atom. The molecule has 0 spiro atoms. The summed E-state index contributed by atoms with van der Waals surface area (Å²) in [5.74, 6) is 2.34. The number of anilines is 1. The molecule has 8 heteroatoms. The lowest BCUT2D eigenvalue weighted by atomic mass is 10.00. The van der Waals surface area contributed by atoms with Gasteiger partial charge in [0, 0.05) is 36.9 Å².